The van der Waals surface area contributed by atoms with Gasteiger partial charge < -0.3 is 30.6 Å². The third kappa shape index (κ3) is 9.02. The van der Waals surface area contributed by atoms with Crippen molar-refractivity contribution in [2.75, 3.05) is 6.54 Å². The molecule has 0 heterocycles. The molecule has 28 heavy (non-hydrogen) atoms. The van der Waals surface area contributed by atoms with Gasteiger partial charge in [-0.25, -0.2) is 4.79 Å². The molecule has 0 radical (unpaired) electrons. The van der Waals surface area contributed by atoms with Crippen LogP contribution in [0.2, 0.25) is 0 Å². The molecule has 154 valence electrons. The minimum atomic E-state index is -1.43. The van der Waals surface area contributed by atoms with Gasteiger partial charge in [-0.3, -0.25) is 9.59 Å². The van der Waals surface area contributed by atoms with Crippen molar-refractivity contribution in [1.29, 1.82) is 0 Å². The SMILES string of the molecule is CC(C)C[C@H](NC(=O)CNC(=O)OCc1ccccc1)C(=O)N[C@@H](C)C(=O)[O-]. The van der Waals surface area contributed by atoms with Crippen LogP contribution >= 0.6 is 0 Å². The van der Waals surface area contributed by atoms with Crippen molar-refractivity contribution in [3.05, 3.63) is 35.9 Å². The Kier molecular flexibility index (Phi) is 9.49. The van der Waals surface area contributed by atoms with Crippen molar-refractivity contribution < 1.29 is 29.0 Å². The Bertz CT molecular complexity index is 678. The molecule has 3 amide bonds. The highest BCUT2D eigenvalue weighted by molar-refractivity contribution is 5.91. The molecule has 0 bridgehead atoms. The van der Waals surface area contributed by atoms with Gasteiger partial charge in [0.1, 0.15) is 19.2 Å². The van der Waals surface area contributed by atoms with Gasteiger partial charge in [0, 0.05) is 0 Å². The summed E-state index contributed by atoms with van der Waals surface area (Å²) >= 11 is 0. The van der Waals surface area contributed by atoms with Crippen molar-refractivity contribution in [3.8, 4) is 0 Å². The molecular formula is C19H26N3O6-. The molecule has 0 aromatic heterocycles. The number of aliphatic carboxylic acids is 1. The Hall–Kier alpha value is -3.10. The van der Waals surface area contributed by atoms with Gasteiger partial charge in [0.05, 0.1) is 12.0 Å². The summed E-state index contributed by atoms with van der Waals surface area (Å²) in [6.07, 6.45) is -0.468. The van der Waals surface area contributed by atoms with Crippen molar-refractivity contribution in [3.63, 3.8) is 0 Å². The van der Waals surface area contributed by atoms with E-state index in [1.165, 1.54) is 6.92 Å². The molecular weight excluding hydrogens is 366 g/mol. The summed E-state index contributed by atoms with van der Waals surface area (Å²) in [4.78, 5) is 46.7. The average molecular weight is 392 g/mol. The van der Waals surface area contributed by atoms with E-state index in [1.54, 1.807) is 12.1 Å². The maximum absolute atomic E-state index is 12.2. The molecule has 9 heteroatoms. The number of hydrogen-bond acceptors (Lipinski definition) is 6. The van der Waals surface area contributed by atoms with E-state index < -0.39 is 36.0 Å². The number of rotatable bonds is 10. The lowest BCUT2D eigenvalue weighted by Gasteiger charge is -2.23. The first-order valence-corrected chi connectivity index (χ1v) is 8.94. The first-order valence-electron chi connectivity index (χ1n) is 8.94. The monoisotopic (exact) mass is 392 g/mol. The van der Waals surface area contributed by atoms with Crippen molar-refractivity contribution >= 4 is 23.9 Å². The van der Waals surface area contributed by atoms with Crippen LogP contribution in [0.5, 0.6) is 0 Å². The van der Waals surface area contributed by atoms with Gasteiger partial charge in [0.25, 0.3) is 0 Å². The Morgan fingerprint density at radius 3 is 2.25 bits per heavy atom. The number of carbonyl (C=O) groups excluding carboxylic acids is 4. The fourth-order valence-electron chi connectivity index (χ4n) is 2.25. The van der Waals surface area contributed by atoms with Gasteiger partial charge in [-0.05, 0) is 24.8 Å². The Labute approximate surface area is 163 Å². The molecule has 1 rings (SSSR count). The normalized spacial score (nSPS) is 12.6. The molecule has 0 saturated heterocycles. The first-order chi connectivity index (χ1) is 13.2. The van der Waals surface area contributed by atoms with Crippen molar-refractivity contribution in [2.24, 2.45) is 5.92 Å². The number of carboxylic acid groups (broad SMARTS) is 1. The van der Waals surface area contributed by atoms with E-state index in [1.807, 2.05) is 32.0 Å². The van der Waals surface area contributed by atoms with Gasteiger partial charge in [-0.1, -0.05) is 44.2 Å². The third-order valence-corrected chi connectivity index (χ3v) is 3.68. The second kappa shape index (κ2) is 11.6. The van der Waals surface area contributed by atoms with Crippen LogP contribution in [0.4, 0.5) is 4.79 Å². The topological polar surface area (TPSA) is 137 Å². The summed E-state index contributed by atoms with van der Waals surface area (Å²) in [5.41, 5.74) is 0.804. The molecule has 1 aromatic rings. The molecule has 1 aromatic carbocycles. The second-order valence-corrected chi connectivity index (χ2v) is 6.71. The van der Waals surface area contributed by atoms with Gasteiger partial charge in [-0.15, -0.1) is 0 Å². The van der Waals surface area contributed by atoms with Crippen LogP contribution in [0.25, 0.3) is 0 Å². The fraction of sp³-hybridized carbons (Fsp3) is 0.474. The van der Waals surface area contributed by atoms with Crippen LogP contribution < -0.4 is 21.1 Å². The standard InChI is InChI=1S/C19H27N3O6/c1-12(2)9-15(17(24)21-13(3)18(25)26)22-16(23)10-20-19(27)28-11-14-7-5-4-6-8-14/h4-8,12-13,15H,9-11H2,1-3H3,(H,20,27)(H,21,24)(H,22,23)(H,25,26)/p-1/t13-,15-/m0/s1. The Morgan fingerprint density at radius 1 is 1.04 bits per heavy atom. The lowest BCUT2D eigenvalue weighted by molar-refractivity contribution is -0.307. The van der Waals surface area contributed by atoms with Gasteiger partial charge >= 0.3 is 6.09 Å². The predicted molar refractivity (Wildman–Crippen MR) is 98.6 cm³/mol. The first kappa shape index (κ1) is 22.9. The van der Waals surface area contributed by atoms with Gasteiger partial charge in [-0.2, -0.15) is 0 Å². The number of alkyl carbamates (subject to hydrolysis) is 1. The van der Waals surface area contributed by atoms with E-state index in [4.69, 9.17) is 4.74 Å². The lowest BCUT2D eigenvalue weighted by atomic mass is 10.0. The predicted octanol–water partition coefficient (Wildman–Crippen LogP) is -0.302. The molecule has 0 unspecified atom stereocenters. The van der Waals surface area contributed by atoms with Crippen LogP contribution in [0.3, 0.4) is 0 Å². The summed E-state index contributed by atoms with van der Waals surface area (Å²) in [5.74, 6) is -2.59. The summed E-state index contributed by atoms with van der Waals surface area (Å²) in [6, 6.07) is 6.93. The zero-order valence-corrected chi connectivity index (χ0v) is 16.2. The minimum Gasteiger partial charge on any atom is -0.548 e. The molecule has 0 aliphatic heterocycles. The quantitative estimate of drug-likeness (QED) is 0.500. The highest BCUT2D eigenvalue weighted by atomic mass is 16.5. The third-order valence-electron chi connectivity index (χ3n) is 3.68. The molecule has 9 nitrogen and oxygen atoms in total. The molecule has 0 saturated carbocycles. The summed E-state index contributed by atoms with van der Waals surface area (Å²) in [7, 11) is 0. The van der Waals surface area contributed by atoms with Crippen LogP contribution in [-0.2, 0) is 25.7 Å². The van der Waals surface area contributed by atoms with Crippen molar-refractivity contribution in [1.82, 2.24) is 16.0 Å². The number of amides is 3. The lowest BCUT2D eigenvalue weighted by Crippen LogP contribution is -2.54. The average Bonchev–Trinajstić information content (AvgIpc) is 2.64. The molecule has 2 atom stereocenters. The van der Waals surface area contributed by atoms with Crippen LogP contribution in [0.15, 0.2) is 30.3 Å². The largest absolute Gasteiger partial charge is 0.548 e. The van der Waals surface area contributed by atoms with E-state index in [2.05, 4.69) is 16.0 Å². The highest BCUT2D eigenvalue weighted by Crippen LogP contribution is 2.05. The minimum absolute atomic E-state index is 0.0633. The zero-order chi connectivity index (χ0) is 21.1. The van der Waals surface area contributed by atoms with E-state index in [0.717, 1.165) is 5.56 Å². The van der Waals surface area contributed by atoms with Gasteiger partial charge in [0.2, 0.25) is 11.8 Å². The second-order valence-electron chi connectivity index (χ2n) is 6.71. The van der Waals surface area contributed by atoms with Crippen LogP contribution in [0.1, 0.15) is 32.8 Å². The van der Waals surface area contributed by atoms with Gasteiger partial charge in [0.15, 0.2) is 0 Å². The fourth-order valence-corrected chi connectivity index (χ4v) is 2.25. The molecule has 3 N–H and O–H groups in total. The van der Waals surface area contributed by atoms with E-state index >= 15 is 0 Å². The number of hydrogen-bond donors (Lipinski definition) is 3. The van der Waals surface area contributed by atoms with E-state index in [0.29, 0.717) is 6.42 Å². The summed E-state index contributed by atoms with van der Waals surface area (Å²) < 4.78 is 4.99. The molecule has 0 spiro atoms. The molecule has 0 fully saturated rings. The number of carbonyl (C=O) groups is 4. The van der Waals surface area contributed by atoms with E-state index in [9.17, 15) is 24.3 Å². The van der Waals surface area contributed by atoms with Crippen LogP contribution in [0, 0.1) is 5.92 Å². The highest BCUT2D eigenvalue weighted by Gasteiger charge is 2.23. The number of ether oxygens (including phenoxy) is 1. The summed E-state index contributed by atoms with van der Waals surface area (Å²) in [6.45, 7) is 4.66. The molecule has 0 aliphatic carbocycles. The Morgan fingerprint density at radius 2 is 1.68 bits per heavy atom. The maximum Gasteiger partial charge on any atom is 0.407 e. The van der Waals surface area contributed by atoms with E-state index in [-0.39, 0.29) is 19.1 Å². The number of carboxylic acids is 1. The maximum atomic E-state index is 12.2. The Balaban J connectivity index is 2.47. The summed E-state index contributed by atoms with van der Waals surface area (Å²) in [5, 5.41) is 17.8. The van der Waals surface area contributed by atoms with Crippen LogP contribution in [-0.4, -0.2) is 42.5 Å². The number of benzene rings is 1. The smallest absolute Gasteiger partial charge is 0.407 e. The molecule has 0 aliphatic rings. The number of nitrogens with one attached hydrogen (secondary N) is 3. The zero-order valence-electron chi connectivity index (χ0n) is 16.2. The van der Waals surface area contributed by atoms with Crippen molar-refractivity contribution in [2.45, 2.75) is 45.9 Å².